The number of para-hydroxylation sites is 1. The van der Waals surface area contributed by atoms with Crippen molar-refractivity contribution in [1.82, 2.24) is 24.5 Å². The molecule has 0 amide bonds. The van der Waals surface area contributed by atoms with E-state index in [2.05, 4.69) is 24.6 Å². The molecule has 0 atom stereocenters. The molecule has 166 valence electrons. The number of aromatic nitrogens is 4. The van der Waals surface area contributed by atoms with Gasteiger partial charge in [-0.25, -0.2) is 9.97 Å². The molecular weight excluding hydrogens is 421 g/mol. The number of anilines is 1. The molecule has 2 aromatic heterocycles. The first-order chi connectivity index (χ1) is 15.4. The number of nitrogens with zero attached hydrogens (tertiary/aromatic N) is 6. The lowest BCUT2D eigenvalue weighted by molar-refractivity contribution is -0.274. The molecule has 1 saturated heterocycles. The lowest BCUT2D eigenvalue weighted by Gasteiger charge is -2.35. The predicted molar refractivity (Wildman–Crippen MR) is 114 cm³/mol. The minimum Gasteiger partial charge on any atom is -0.406 e. The van der Waals surface area contributed by atoms with Crippen molar-refractivity contribution in [2.45, 2.75) is 19.8 Å². The quantitative estimate of drug-likeness (QED) is 0.479. The standard InChI is InChI=1S/C22H21F3N6O/c1-15-26-20-18-4-2-3-5-19(18)27-21(31(20)28-15)30-12-10-29(11-13-30)14-16-6-8-17(9-7-16)32-22(23,24)25/h2-9H,10-14H2,1H3. The number of rotatable bonds is 4. The molecule has 10 heteroatoms. The summed E-state index contributed by atoms with van der Waals surface area (Å²) in [5, 5.41) is 5.52. The summed E-state index contributed by atoms with van der Waals surface area (Å²) in [7, 11) is 0. The summed E-state index contributed by atoms with van der Waals surface area (Å²) in [6, 6.07) is 13.9. The third-order valence-corrected chi connectivity index (χ3v) is 5.49. The number of hydrogen-bond acceptors (Lipinski definition) is 6. The van der Waals surface area contributed by atoms with Crippen LogP contribution >= 0.6 is 0 Å². The van der Waals surface area contributed by atoms with Gasteiger partial charge in [0.15, 0.2) is 5.65 Å². The number of alkyl halides is 3. The minimum absolute atomic E-state index is 0.208. The van der Waals surface area contributed by atoms with Gasteiger partial charge in [-0.05, 0) is 36.8 Å². The Kier molecular flexibility index (Phi) is 5.09. The zero-order valence-corrected chi connectivity index (χ0v) is 17.4. The molecular formula is C22H21F3N6O. The first-order valence-corrected chi connectivity index (χ1v) is 10.3. The van der Waals surface area contributed by atoms with Crippen molar-refractivity contribution in [1.29, 1.82) is 0 Å². The van der Waals surface area contributed by atoms with Gasteiger partial charge in [0, 0.05) is 38.1 Å². The van der Waals surface area contributed by atoms with Crippen LogP contribution in [0.4, 0.5) is 19.1 Å². The Balaban J connectivity index is 1.29. The molecule has 1 aliphatic heterocycles. The number of aryl methyl sites for hydroxylation is 1. The normalized spacial score (nSPS) is 15.6. The Hall–Kier alpha value is -3.40. The van der Waals surface area contributed by atoms with Gasteiger partial charge in [-0.15, -0.1) is 18.3 Å². The SMILES string of the molecule is Cc1nc2c3ccccc3nc(N3CCN(Cc4ccc(OC(F)(F)F)cc4)CC3)n2n1. The van der Waals surface area contributed by atoms with E-state index in [0.29, 0.717) is 12.4 Å². The summed E-state index contributed by atoms with van der Waals surface area (Å²) in [6.45, 7) is 5.63. The van der Waals surface area contributed by atoms with E-state index >= 15 is 0 Å². The molecule has 2 aromatic carbocycles. The zero-order chi connectivity index (χ0) is 22.3. The average Bonchev–Trinajstić information content (AvgIpc) is 3.16. The molecule has 0 saturated carbocycles. The van der Waals surface area contributed by atoms with Crippen LogP contribution < -0.4 is 9.64 Å². The van der Waals surface area contributed by atoms with Crippen LogP contribution in [0.2, 0.25) is 0 Å². The van der Waals surface area contributed by atoms with E-state index in [9.17, 15) is 13.2 Å². The number of fused-ring (bicyclic) bond motifs is 3. The lowest BCUT2D eigenvalue weighted by Crippen LogP contribution is -2.46. The number of ether oxygens (including phenoxy) is 1. The van der Waals surface area contributed by atoms with E-state index in [1.807, 2.05) is 35.7 Å². The molecule has 1 fully saturated rings. The molecule has 7 nitrogen and oxygen atoms in total. The highest BCUT2D eigenvalue weighted by Crippen LogP contribution is 2.25. The maximum atomic E-state index is 12.3. The summed E-state index contributed by atoms with van der Waals surface area (Å²) in [4.78, 5) is 13.9. The van der Waals surface area contributed by atoms with Crippen molar-refractivity contribution in [2.75, 3.05) is 31.1 Å². The van der Waals surface area contributed by atoms with Crippen molar-refractivity contribution < 1.29 is 17.9 Å². The zero-order valence-electron chi connectivity index (χ0n) is 17.4. The summed E-state index contributed by atoms with van der Waals surface area (Å²) in [5.74, 6) is 1.26. The van der Waals surface area contributed by atoms with Crippen molar-refractivity contribution in [3.05, 3.63) is 59.9 Å². The minimum atomic E-state index is -4.68. The maximum Gasteiger partial charge on any atom is 0.573 e. The molecule has 3 heterocycles. The fourth-order valence-corrected chi connectivity index (χ4v) is 4.01. The number of benzene rings is 2. The molecule has 0 radical (unpaired) electrons. The number of hydrogen-bond donors (Lipinski definition) is 0. The van der Waals surface area contributed by atoms with Crippen LogP contribution in [0.15, 0.2) is 48.5 Å². The van der Waals surface area contributed by atoms with Crippen LogP contribution in [-0.4, -0.2) is 57.0 Å². The van der Waals surface area contributed by atoms with Crippen LogP contribution in [-0.2, 0) is 6.54 Å². The van der Waals surface area contributed by atoms with Crippen molar-refractivity contribution in [3.63, 3.8) is 0 Å². The lowest BCUT2D eigenvalue weighted by atomic mass is 10.2. The summed E-state index contributed by atoms with van der Waals surface area (Å²) in [5.41, 5.74) is 2.61. The van der Waals surface area contributed by atoms with Crippen LogP contribution in [0.3, 0.4) is 0 Å². The van der Waals surface area contributed by atoms with Crippen LogP contribution in [0.25, 0.3) is 16.6 Å². The number of halogens is 3. The molecule has 0 bridgehead atoms. The highest BCUT2D eigenvalue weighted by atomic mass is 19.4. The third-order valence-electron chi connectivity index (χ3n) is 5.49. The van der Waals surface area contributed by atoms with Gasteiger partial charge in [-0.2, -0.15) is 4.52 Å². The largest absolute Gasteiger partial charge is 0.573 e. The molecule has 0 spiro atoms. The molecule has 1 aliphatic rings. The van der Waals surface area contributed by atoms with E-state index in [1.54, 1.807) is 12.1 Å². The van der Waals surface area contributed by atoms with Crippen LogP contribution in [0.5, 0.6) is 5.75 Å². The van der Waals surface area contributed by atoms with Crippen molar-refractivity contribution >= 4 is 22.5 Å². The second-order valence-corrected chi connectivity index (χ2v) is 7.78. The molecule has 0 N–H and O–H groups in total. The third kappa shape index (κ3) is 4.18. The molecule has 0 unspecified atom stereocenters. The monoisotopic (exact) mass is 442 g/mol. The van der Waals surface area contributed by atoms with Crippen molar-refractivity contribution in [2.24, 2.45) is 0 Å². The average molecular weight is 442 g/mol. The van der Waals surface area contributed by atoms with Gasteiger partial charge >= 0.3 is 6.36 Å². The summed E-state index contributed by atoms with van der Waals surface area (Å²) in [6.07, 6.45) is -4.68. The van der Waals surface area contributed by atoms with E-state index in [1.165, 1.54) is 12.1 Å². The smallest absolute Gasteiger partial charge is 0.406 e. The molecule has 0 aliphatic carbocycles. The second-order valence-electron chi connectivity index (χ2n) is 7.78. The molecule has 32 heavy (non-hydrogen) atoms. The van der Waals surface area contributed by atoms with Gasteiger partial charge in [0.2, 0.25) is 5.95 Å². The van der Waals surface area contributed by atoms with Gasteiger partial charge in [0.05, 0.1) is 5.52 Å². The fourth-order valence-electron chi connectivity index (χ4n) is 4.01. The van der Waals surface area contributed by atoms with E-state index < -0.39 is 6.36 Å². The van der Waals surface area contributed by atoms with E-state index in [0.717, 1.165) is 54.2 Å². The molecule has 4 aromatic rings. The number of piperazine rings is 1. The molecule has 5 rings (SSSR count). The Morgan fingerprint density at radius 1 is 0.938 bits per heavy atom. The maximum absolute atomic E-state index is 12.3. The van der Waals surface area contributed by atoms with Gasteiger partial charge in [-0.3, -0.25) is 4.90 Å². The Morgan fingerprint density at radius 3 is 2.38 bits per heavy atom. The van der Waals surface area contributed by atoms with E-state index in [-0.39, 0.29) is 5.75 Å². The highest BCUT2D eigenvalue weighted by molar-refractivity contribution is 5.92. The fraction of sp³-hybridized carbons (Fsp3) is 0.318. The van der Waals surface area contributed by atoms with Crippen LogP contribution in [0, 0.1) is 6.92 Å². The highest BCUT2D eigenvalue weighted by Gasteiger charge is 2.31. The summed E-state index contributed by atoms with van der Waals surface area (Å²) >= 11 is 0. The first-order valence-electron chi connectivity index (χ1n) is 10.3. The Morgan fingerprint density at radius 2 is 1.66 bits per heavy atom. The van der Waals surface area contributed by atoms with Gasteiger partial charge in [0.25, 0.3) is 0 Å². The first kappa shape index (κ1) is 20.5. The van der Waals surface area contributed by atoms with Crippen LogP contribution in [0.1, 0.15) is 11.4 Å². The second kappa shape index (κ2) is 7.94. The van der Waals surface area contributed by atoms with E-state index in [4.69, 9.17) is 4.98 Å². The Bertz CT molecular complexity index is 1250. The topological polar surface area (TPSA) is 58.8 Å². The van der Waals surface area contributed by atoms with Gasteiger partial charge in [0.1, 0.15) is 11.6 Å². The van der Waals surface area contributed by atoms with Crippen molar-refractivity contribution in [3.8, 4) is 5.75 Å². The van der Waals surface area contributed by atoms with Gasteiger partial charge in [-0.1, -0.05) is 24.3 Å². The summed E-state index contributed by atoms with van der Waals surface area (Å²) < 4.78 is 42.7. The Labute approximate surface area is 182 Å². The predicted octanol–water partition coefficient (Wildman–Crippen LogP) is 3.81. The van der Waals surface area contributed by atoms with Gasteiger partial charge < -0.3 is 9.64 Å².